The van der Waals surface area contributed by atoms with Crippen LogP contribution in [0.3, 0.4) is 0 Å². The van der Waals surface area contributed by atoms with Gasteiger partial charge in [0.05, 0.1) is 35.0 Å². The molecule has 0 fully saturated rings. The Morgan fingerprint density at radius 2 is 1.96 bits per heavy atom. The predicted molar refractivity (Wildman–Crippen MR) is 101 cm³/mol. The van der Waals surface area contributed by atoms with Crippen molar-refractivity contribution in [3.05, 3.63) is 75.8 Å². The summed E-state index contributed by atoms with van der Waals surface area (Å²) in [5, 5.41) is 3.56. The van der Waals surface area contributed by atoms with Crippen LogP contribution in [0.2, 0.25) is 5.02 Å². The van der Waals surface area contributed by atoms with Crippen molar-refractivity contribution >= 4 is 23.3 Å². The number of carbonyl (C=O) groups is 1. The number of hydrogen-bond donors (Lipinski definition) is 1. The summed E-state index contributed by atoms with van der Waals surface area (Å²) in [5.74, 6) is -0.892. The molecule has 0 saturated heterocycles. The number of allylic oxidation sites excluding steroid dienone is 2. The lowest BCUT2D eigenvalue weighted by atomic mass is 9.74. The first-order chi connectivity index (χ1) is 13.3. The number of hydrogen-bond acceptors (Lipinski definition) is 3. The van der Waals surface area contributed by atoms with E-state index in [9.17, 15) is 18.0 Å². The van der Waals surface area contributed by atoms with Crippen LogP contribution in [-0.2, 0) is 10.9 Å². The standard InChI is InChI=1S/C21H17ClF3NO2/c1-28-20(27)14-9-10-16(22)19-17(14)11-6-4-7-12(11)18(26-19)13-5-2-3-8-15(13)21(23,24)25/h2-6,8-12,18,26H,7H2,1H3/t11-,12-,18-/m0/s1. The van der Waals surface area contributed by atoms with Crippen molar-refractivity contribution in [1.82, 2.24) is 0 Å². The zero-order chi connectivity index (χ0) is 20.1. The number of ether oxygens (including phenoxy) is 1. The molecule has 28 heavy (non-hydrogen) atoms. The van der Waals surface area contributed by atoms with Gasteiger partial charge in [-0.05, 0) is 41.7 Å². The second-order valence-corrected chi connectivity index (χ2v) is 7.34. The monoisotopic (exact) mass is 407 g/mol. The summed E-state index contributed by atoms with van der Waals surface area (Å²) in [6.07, 6.45) is 0.0203. The Labute approximate surface area is 165 Å². The maximum atomic E-state index is 13.6. The number of benzene rings is 2. The van der Waals surface area contributed by atoms with Crippen molar-refractivity contribution in [2.24, 2.45) is 5.92 Å². The Morgan fingerprint density at radius 3 is 2.68 bits per heavy atom. The molecule has 4 rings (SSSR count). The van der Waals surface area contributed by atoms with Crippen molar-refractivity contribution < 1.29 is 22.7 Å². The zero-order valence-corrected chi connectivity index (χ0v) is 15.6. The van der Waals surface area contributed by atoms with Crippen LogP contribution in [0.1, 0.15) is 45.4 Å². The molecule has 1 aliphatic heterocycles. The minimum atomic E-state index is -4.46. The van der Waals surface area contributed by atoms with Gasteiger partial charge in [0.2, 0.25) is 0 Å². The fourth-order valence-electron chi connectivity index (χ4n) is 4.30. The van der Waals surface area contributed by atoms with Crippen LogP contribution >= 0.6 is 11.6 Å². The van der Waals surface area contributed by atoms with E-state index in [0.717, 1.165) is 6.07 Å². The van der Waals surface area contributed by atoms with Gasteiger partial charge in [-0.1, -0.05) is 42.0 Å². The molecule has 0 amide bonds. The first kappa shape index (κ1) is 18.9. The minimum absolute atomic E-state index is 0.169. The minimum Gasteiger partial charge on any atom is -0.465 e. The van der Waals surface area contributed by atoms with Crippen LogP contribution in [0.5, 0.6) is 0 Å². The molecule has 0 saturated carbocycles. The van der Waals surface area contributed by atoms with Crippen molar-refractivity contribution in [1.29, 1.82) is 0 Å². The van der Waals surface area contributed by atoms with Gasteiger partial charge >= 0.3 is 12.1 Å². The summed E-state index contributed by atoms with van der Waals surface area (Å²) >= 11 is 6.37. The SMILES string of the molecule is COC(=O)c1ccc(Cl)c2c1[C@H]1C=CC[C@@H]1[C@@H](c1ccccc1C(F)(F)F)N2. The number of methoxy groups -OCH3 is 1. The van der Waals surface area contributed by atoms with Gasteiger partial charge < -0.3 is 10.1 Å². The van der Waals surface area contributed by atoms with E-state index in [-0.39, 0.29) is 17.4 Å². The van der Waals surface area contributed by atoms with E-state index in [1.807, 2.05) is 12.2 Å². The third kappa shape index (κ3) is 2.96. The highest BCUT2D eigenvalue weighted by Crippen LogP contribution is 2.54. The van der Waals surface area contributed by atoms with Crippen LogP contribution in [0.25, 0.3) is 0 Å². The summed E-state index contributed by atoms with van der Waals surface area (Å²) in [6.45, 7) is 0. The molecule has 1 N–H and O–H groups in total. The smallest absolute Gasteiger partial charge is 0.416 e. The van der Waals surface area contributed by atoms with Crippen LogP contribution in [0.4, 0.5) is 18.9 Å². The Kier molecular flexibility index (Phi) is 4.62. The van der Waals surface area contributed by atoms with Gasteiger partial charge in [-0.2, -0.15) is 13.2 Å². The summed E-state index contributed by atoms with van der Waals surface area (Å²) in [4.78, 5) is 12.3. The third-order valence-electron chi connectivity index (χ3n) is 5.48. The van der Waals surface area contributed by atoms with E-state index in [4.69, 9.17) is 16.3 Å². The third-order valence-corrected chi connectivity index (χ3v) is 5.79. The fourth-order valence-corrected chi connectivity index (χ4v) is 4.52. The van der Waals surface area contributed by atoms with Gasteiger partial charge in [-0.3, -0.25) is 0 Å². The highest BCUT2D eigenvalue weighted by Gasteiger charge is 2.44. The Balaban J connectivity index is 1.89. The van der Waals surface area contributed by atoms with E-state index < -0.39 is 23.8 Å². The maximum absolute atomic E-state index is 13.6. The quantitative estimate of drug-likeness (QED) is 0.492. The molecule has 2 aromatic carbocycles. The number of alkyl halides is 3. The highest BCUT2D eigenvalue weighted by atomic mass is 35.5. The average Bonchev–Trinajstić information content (AvgIpc) is 3.16. The molecular formula is C21H17ClF3NO2. The molecule has 2 aromatic rings. The molecule has 146 valence electrons. The number of esters is 1. The number of nitrogens with one attached hydrogen (secondary N) is 1. The molecule has 1 heterocycles. The van der Waals surface area contributed by atoms with Gasteiger partial charge in [0, 0.05) is 5.92 Å². The first-order valence-corrected chi connectivity index (χ1v) is 9.20. The lowest BCUT2D eigenvalue weighted by Gasteiger charge is -2.39. The van der Waals surface area contributed by atoms with Crippen LogP contribution in [0, 0.1) is 5.92 Å². The predicted octanol–water partition coefficient (Wildman–Crippen LogP) is 5.97. The topological polar surface area (TPSA) is 38.3 Å². The second-order valence-electron chi connectivity index (χ2n) is 6.94. The molecule has 3 nitrogen and oxygen atoms in total. The van der Waals surface area contributed by atoms with E-state index in [1.54, 1.807) is 18.2 Å². The Morgan fingerprint density at radius 1 is 1.21 bits per heavy atom. The van der Waals surface area contributed by atoms with E-state index in [2.05, 4.69) is 5.32 Å². The van der Waals surface area contributed by atoms with Crippen LogP contribution in [-0.4, -0.2) is 13.1 Å². The normalized spacial score (nSPS) is 23.0. The second kappa shape index (κ2) is 6.85. The maximum Gasteiger partial charge on any atom is 0.416 e. The highest BCUT2D eigenvalue weighted by molar-refractivity contribution is 6.33. The number of rotatable bonds is 2. The number of halogens is 4. The van der Waals surface area contributed by atoms with E-state index in [1.165, 1.54) is 19.2 Å². The van der Waals surface area contributed by atoms with Crippen molar-refractivity contribution in [2.75, 3.05) is 12.4 Å². The van der Waals surface area contributed by atoms with Gasteiger partial charge in [0.1, 0.15) is 0 Å². The van der Waals surface area contributed by atoms with Gasteiger partial charge in [-0.25, -0.2) is 4.79 Å². The summed E-state index contributed by atoms with van der Waals surface area (Å²) in [7, 11) is 1.30. The van der Waals surface area contributed by atoms with Crippen LogP contribution < -0.4 is 5.32 Å². The lowest BCUT2D eigenvalue weighted by molar-refractivity contribution is -0.138. The average molecular weight is 408 g/mol. The molecule has 3 atom stereocenters. The summed E-state index contributed by atoms with van der Waals surface area (Å²) < 4.78 is 45.7. The van der Waals surface area contributed by atoms with Crippen molar-refractivity contribution in [2.45, 2.75) is 24.6 Å². The largest absolute Gasteiger partial charge is 0.465 e. The number of fused-ring (bicyclic) bond motifs is 3. The van der Waals surface area contributed by atoms with Crippen molar-refractivity contribution in [3.8, 4) is 0 Å². The molecule has 0 bridgehead atoms. The van der Waals surface area contributed by atoms with Gasteiger partial charge in [-0.15, -0.1) is 0 Å². The zero-order valence-electron chi connectivity index (χ0n) is 14.9. The number of anilines is 1. The molecule has 7 heteroatoms. The number of carbonyl (C=O) groups excluding carboxylic acids is 1. The van der Waals surface area contributed by atoms with E-state index >= 15 is 0 Å². The molecule has 0 radical (unpaired) electrons. The summed E-state index contributed by atoms with van der Waals surface area (Å²) in [5.41, 5.74) is 1.05. The van der Waals surface area contributed by atoms with Gasteiger partial charge in [0.25, 0.3) is 0 Å². The van der Waals surface area contributed by atoms with Crippen LogP contribution in [0.15, 0.2) is 48.6 Å². The molecule has 0 unspecified atom stereocenters. The molecule has 1 aliphatic carbocycles. The van der Waals surface area contributed by atoms with E-state index in [0.29, 0.717) is 28.3 Å². The molecule has 2 aliphatic rings. The fraction of sp³-hybridized carbons (Fsp3) is 0.286. The van der Waals surface area contributed by atoms with Crippen molar-refractivity contribution in [3.63, 3.8) is 0 Å². The Bertz CT molecular complexity index is 971. The molecule has 0 aromatic heterocycles. The first-order valence-electron chi connectivity index (χ1n) is 8.83. The van der Waals surface area contributed by atoms with Gasteiger partial charge in [0.15, 0.2) is 0 Å². The summed E-state index contributed by atoms with van der Waals surface area (Å²) in [6, 6.07) is 8.15. The molecule has 0 spiro atoms. The lowest BCUT2D eigenvalue weighted by Crippen LogP contribution is -2.32. The molecular weight excluding hydrogens is 391 g/mol. The Hall–Kier alpha value is -2.47.